The average Bonchev–Trinajstić information content (AvgIpc) is 2.80. The van der Waals surface area contributed by atoms with Gasteiger partial charge in [-0.15, -0.1) is 0 Å². The van der Waals surface area contributed by atoms with Crippen LogP contribution in [0.5, 0.6) is 34.5 Å². The van der Waals surface area contributed by atoms with Crippen LogP contribution in [0.3, 0.4) is 0 Å². The number of hydrogen-bond acceptors (Lipinski definition) is 7. The molecular weight excluding hydrogens is 294 g/mol. The topological polar surface area (TPSA) is 147 Å². The molecule has 0 fully saturated rings. The molecule has 0 bridgehead atoms. The molecule has 1 aromatic heterocycles. The van der Waals surface area contributed by atoms with Gasteiger partial charge in [0.15, 0.2) is 23.0 Å². The van der Waals surface area contributed by atoms with Crippen molar-refractivity contribution in [1.82, 2.24) is 4.73 Å². The fourth-order valence-corrected chi connectivity index (χ4v) is 2.70. The van der Waals surface area contributed by atoms with Crippen LogP contribution in [0.2, 0.25) is 0 Å². The van der Waals surface area contributed by atoms with E-state index in [0.717, 1.165) is 0 Å². The SMILES string of the molecule is Cc1c(O)c(O)c2c3c(C)c(O)c(O)c(O)c3n(O)c2c1O. The third-order valence-electron chi connectivity index (χ3n) is 3.95. The first-order valence-electron chi connectivity index (χ1n) is 6.24. The molecule has 7 N–H and O–H groups in total. The number of aryl methyl sites for hydroxylation is 1. The van der Waals surface area contributed by atoms with E-state index in [-0.39, 0.29) is 32.9 Å². The Morgan fingerprint density at radius 3 is 1.64 bits per heavy atom. The number of rotatable bonds is 0. The van der Waals surface area contributed by atoms with Crippen molar-refractivity contribution < 1.29 is 35.8 Å². The Balaban J connectivity index is 2.81. The highest BCUT2D eigenvalue weighted by atomic mass is 16.5. The minimum absolute atomic E-state index is 0.0200. The Labute approximate surface area is 122 Å². The van der Waals surface area contributed by atoms with E-state index in [4.69, 9.17) is 0 Å². The Morgan fingerprint density at radius 2 is 1.05 bits per heavy atom. The van der Waals surface area contributed by atoms with Gasteiger partial charge in [-0.3, -0.25) is 0 Å². The van der Waals surface area contributed by atoms with Crippen LogP contribution in [-0.2, 0) is 0 Å². The highest BCUT2D eigenvalue weighted by molar-refractivity contribution is 6.18. The smallest absolute Gasteiger partial charge is 0.202 e. The molecule has 0 atom stereocenters. The first kappa shape index (κ1) is 13.8. The highest BCUT2D eigenvalue weighted by Crippen LogP contribution is 2.53. The monoisotopic (exact) mass is 307 g/mol. The van der Waals surface area contributed by atoms with E-state index in [1.54, 1.807) is 0 Å². The largest absolute Gasteiger partial charge is 0.505 e. The van der Waals surface area contributed by atoms with Gasteiger partial charge in [0, 0.05) is 16.5 Å². The molecule has 0 aliphatic rings. The van der Waals surface area contributed by atoms with E-state index < -0.39 is 34.5 Å². The van der Waals surface area contributed by atoms with Gasteiger partial charge >= 0.3 is 0 Å². The van der Waals surface area contributed by atoms with Gasteiger partial charge in [-0.05, 0) is 13.8 Å². The van der Waals surface area contributed by atoms with Crippen LogP contribution in [0.4, 0.5) is 0 Å². The van der Waals surface area contributed by atoms with E-state index in [2.05, 4.69) is 0 Å². The van der Waals surface area contributed by atoms with Crippen molar-refractivity contribution in [3.8, 4) is 34.5 Å². The highest BCUT2D eigenvalue weighted by Gasteiger charge is 2.29. The van der Waals surface area contributed by atoms with Crippen molar-refractivity contribution in [3.05, 3.63) is 11.1 Å². The van der Waals surface area contributed by atoms with Gasteiger partial charge in [0.1, 0.15) is 16.8 Å². The van der Waals surface area contributed by atoms with Gasteiger partial charge in [0.25, 0.3) is 0 Å². The lowest BCUT2D eigenvalue weighted by atomic mass is 10.0. The van der Waals surface area contributed by atoms with Crippen molar-refractivity contribution in [3.63, 3.8) is 0 Å². The van der Waals surface area contributed by atoms with E-state index in [0.29, 0.717) is 4.73 Å². The maximum absolute atomic E-state index is 10.2. The number of fused-ring (bicyclic) bond motifs is 3. The first-order chi connectivity index (χ1) is 10.2. The van der Waals surface area contributed by atoms with Gasteiger partial charge in [-0.1, -0.05) is 0 Å². The second-order valence-corrected chi connectivity index (χ2v) is 5.10. The van der Waals surface area contributed by atoms with E-state index in [9.17, 15) is 35.8 Å². The summed E-state index contributed by atoms with van der Waals surface area (Å²) in [5, 5.41) is 69.6. The lowest BCUT2D eigenvalue weighted by Crippen LogP contribution is -1.92. The second kappa shape index (κ2) is 3.94. The quantitative estimate of drug-likeness (QED) is 0.190. The van der Waals surface area contributed by atoms with Crippen molar-refractivity contribution in [2.45, 2.75) is 13.8 Å². The molecule has 1 heterocycles. The number of phenols is 6. The molecule has 8 nitrogen and oxygen atoms in total. The maximum atomic E-state index is 10.2. The van der Waals surface area contributed by atoms with Gasteiger partial charge in [0.2, 0.25) is 5.75 Å². The van der Waals surface area contributed by atoms with Crippen LogP contribution >= 0.6 is 0 Å². The zero-order valence-corrected chi connectivity index (χ0v) is 11.6. The molecule has 3 aromatic rings. The zero-order valence-electron chi connectivity index (χ0n) is 11.6. The van der Waals surface area contributed by atoms with E-state index >= 15 is 0 Å². The summed E-state index contributed by atoms with van der Waals surface area (Å²) in [6.45, 7) is 2.70. The molecule has 116 valence electrons. The zero-order chi connectivity index (χ0) is 16.5. The van der Waals surface area contributed by atoms with Crippen molar-refractivity contribution >= 4 is 21.8 Å². The van der Waals surface area contributed by atoms with Crippen LogP contribution in [0, 0.1) is 13.8 Å². The molecule has 0 saturated carbocycles. The fraction of sp³-hybridized carbons (Fsp3) is 0.143. The molecule has 0 amide bonds. The summed E-state index contributed by atoms with van der Waals surface area (Å²) in [4.78, 5) is 0. The number of hydrogen-bond donors (Lipinski definition) is 7. The van der Waals surface area contributed by atoms with Crippen molar-refractivity contribution in [1.29, 1.82) is 0 Å². The molecule has 0 unspecified atom stereocenters. The normalized spacial score (nSPS) is 11.5. The van der Waals surface area contributed by atoms with Crippen LogP contribution in [0.15, 0.2) is 0 Å². The Kier molecular flexibility index (Phi) is 2.47. The number of benzene rings is 2. The lowest BCUT2D eigenvalue weighted by Gasteiger charge is -2.08. The third-order valence-corrected chi connectivity index (χ3v) is 3.95. The van der Waals surface area contributed by atoms with Crippen LogP contribution < -0.4 is 0 Å². The van der Waals surface area contributed by atoms with Crippen molar-refractivity contribution in [2.24, 2.45) is 0 Å². The summed E-state index contributed by atoms with van der Waals surface area (Å²) in [6.07, 6.45) is 0. The predicted octanol–water partition coefficient (Wildman–Crippen LogP) is 1.88. The van der Waals surface area contributed by atoms with Crippen LogP contribution in [0.1, 0.15) is 11.1 Å². The standard InChI is InChI=1S/C14H13NO7/c1-3-5-6-8(9(16)4(2)11(18)12(6)19)15(22)7(5)13(20)14(21)10(3)17/h16-22H,1-2H3. The molecule has 3 rings (SSSR count). The molecule has 0 spiro atoms. The van der Waals surface area contributed by atoms with Crippen molar-refractivity contribution in [2.75, 3.05) is 0 Å². The minimum Gasteiger partial charge on any atom is -0.505 e. The first-order valence-corrected chi connectivity index (χ1v) is 6.24. The molecule has 0 saturated heterocycles. The van der Waals surface area contributed by atoms with Gasteiger partial charge in [-0.25, -0.2) is 0 Å². The molecule has 0 aliphatic heterocycles. The molecular formula is C14H13NO7. The van der Waals surface area contributed by atoms with Crippen LogP contribution in [-0.4, -0.2) is 40.6 Å². The van der Waals surface area contributed by atoms with E-state index in [1.807, 2.05) is 0 Å². The molecule has 0 aliphatic carbocycles. The summed E-state index contributed by atoms with van der Waals surface area (Å²) < 4.78 is 0.383. The lowest BCUT2D eigenvalue weighted by molar-refractivity contribution is 0.208. The summed E-state index contributed by atoms with van der Waals surface area (Å²) in [5.74, 6) is -4.05. The molecule has 2 aromatic carbocycles. The molecule has 8 heteroatoms. The summed E-state index contributed by atoms with van der Waals surface area (Å²) in [5.41, 5.74) is -0.626. The summed E-state index contributed by atoms with van der Waals surface area (Å²) in [7, 11) is 0. The van der Waals surface area contributed by atoms with Gasteiger partial charge in [0.05, 0.1) is 5.39 Å². The molecule has 0 radical (unpaired) electrons. The number of aromatic nitrogens is 1. The number of aromatic hydroxyl groups is 6. The maximum Gasteiger partial charge on any atom is 0.202 e. The van der Waals surface area contributed by atoms with Crippen LogP contribution in [0.25, 0.3) is 21.8 Å². The Hall–Kier alpha value is -3.16. The number of phenolic OH excluding ortho intramolecular Hbond substituents is 6. The van der Waals surface area contributed by atoms with Gasteiger partial charge in [-0.2, -0.15) is 4.73 Å². The summed E-state index contributed by atoms with van der Waals surface area (Å²) >= 11 is 0. The molecule has 22 heavy (non-hydrogen) atoms. The summed E-state index contributed by atoms with van der Waals surface area (Å²) in [6, 6.07) is 0. The second-order valence-electron chi connectivity index (χ2n) is 5.10. The predicted molar refractivity (Wildman–Crippen MR) is 76.1 cm³/mol. The Morgan fingerprint density at radius 1 is 0.545 bits per heavy atom. The van der Waals surface area contributed by atoms with E-state index in [1.165, 1.54) is 13.8 Å². The van der Waals surface area contributed by atoms with Gasteiger partial charge < -0.3 is 35.8 Å². The Bertz CT molecular complexity index is 894. The third kappa shape index (κ3) is 1.31. The minimum atomic E-state index is -0.844. The number of nitrogens with zero attached hydrogens (tertiary/aromatic N) is 1. The average molecular weight is 307 g/mol. The fourth-order valence-electron chi connectivity index (χ4n) is 2.70.